The highest BCUT2D eigenvalue weighted by molar-refractivity contribution is 14.0. The molecular formula is C16H31IN4O3. The van der Waals surface area contributed by atoms with Crippen LogP contribution in [-0.4, -0.2) is 74.4 Å². The van der Waals surface area contributed by atoms with Gasteiger partial charge in [-0.15, -0.1) is 24.0 Å². The molecule has 0 bridgehead atoms. The van der Waals surface area contributed by atoms with Gasteiger partial charge in [-0.1, -0.05) is 6.42 Å². The van der Waals surface area contributed by atoms with Gasteiger partial charge in [-0.2, -0.15) is 0 Å². The Balaban J connectivity index is 0.00000288. The first-order chi connectivity index (χ1) is 11.1. The average Bonchev–Trinajstić information content (AvgIpc) is 2.97. The fraction of sp³-hybridized carbons (Fsp3) is 0.875. The van der Waals surface area contributed by atoms with Crippen molar-refractivity contribution in [3.05, 3.63) is 0 Å². The minimum Gasteiger partial charge on any atom is -0.393 e. The molecule has 1 saturated carbocycles. The number of aliphatic hydroxyl groups is 1. The first-order valence-electron chi connectivity index (χ1n) is 8.56. The number of nitrogens with one attached hydrogen (secondary N) is 2. The summed E-state index contributed by atoms with van der Waals surface area (Å²) in [5, 5.41) is 16.6. The van der Waals surface area contributed by atoms with Crippen molar-refractivity contribution in [2.24, 2.45) is 10.9 Å². The molecule has 1 saturated heterocycles. The molecule has 2 unspecified atom stereocenters. The highest BCUT2D eigenvalue weighted by Gasteiger charge is 2.26. The van der Waals surface area contributed by atoms with Crippen molar-refractivity contribution in [3.8, 4) is 0 Å². The number of hydrogen-bond donors (Lipinski definition) is 3. The lowest BCUT2D eigenvalue weighted by Gasteiger charge is -2.33. The van der Waals surface area contributed by atoms with Crippen LogP contribution in [0.5, 0.6) is 0 Å². The van der Waals surface area contributed by atoms with E-state index < -0.39 is 0 Å². The number of ether oxygens (including phenoxy) is 1. The average molecular weight is 454 g/mol. The number of carbonyl (C=O) groups is 1. The molecule has 8 heteroatoms. The van der Waals surface area contributed by atoms with E-state index in [2.05, 4.69) is 15.6 Å². The zero-order chi connectivity index (χ0) is 16.7. The Morgan fingerprint density at radius 2 is 2.00 bits per heavy atom. The van der Waals surface area contributed by atoms with E-state index in [1.165, 1.54) is 0 Å². The van der Waals surface area contributed by atoms with Crippen molar-refractivity contribution in [3.63, 3.8) is 0 Å². The van der Waals surface area contributed by atoms with Crippen LogP contribution in [0, 0.1) is 5.92 Å². The minimum atomic E-state index is -0.185. The normalized spacial score (nSPS) is 25.3. The number of aliphatic hydroxyl groups excluding tert-OH is 1. The SMILES string of the molecule is CN=C(NCC1CCCC1O)NC1CCN(C(=O)COC)CC1.I. The topological polar surface area (TPSA) is 86.2 Å². The summed E-state index contributed by atoms with van der Waals surface area (Å²) in [6, 6.07) is 0.321. The molecule has 1 heterocycles. The number of piperidine rings is 1. The van der Waals surface area contributed by atoms with Crippen molar-refractivity contribution in [2.45, 2.75) is 44.2 Å². The molecule has 1 amide bonds. The van der Waals surface area contributed by atoms with Crippen molar-refractivity contribution < 1.29 is 14.6 Å². The first-order valence-corrected chi connectivity index (χ1v) is 8.56. The second-order valence-corrected chi connectivity index (χ2v) is 6.44. The van der Waals surface area contributed by atoms with Gasteiger partial charge >= 0.3 is 0 Å². The summed E-state index contributed by atoms with van der Waals surface area (Å²) in [5.74, 6) is 1.16. The van der Waals surface area contributed by atoms with E-state index in [-0.39, 0.29) is 42.6 Å². The van der Waals surface area contributed by atoms with Gasteiger partial charge in [0.15, 0.2) is 5.96 Å². The molecule has 24 heavy (non-hydrogen) atoms. The van der Waals surface area contributed by atoms with Crippen molar-refractivity contribution in [2.75, 3.05) is 40.4 Å². The van der Waals surface area contributed by atoms with Crippen molar-refractivity contribution in [1.82, 2.24) is 15.5 Å². The fourth-order valence-electron chi connectivity index (χ4n) is 3.36. The van der Waals surface area contributed by atoms with E-state index in [4.69, 9.17) is 4.74 Å². The van der Waals surface area contributed by atoms with E-state index in [0.29, 0.717) is 12.0 Å². The molecule has 140 valence electrons. The number of nitrogens with zero attached hydrogens (tertiary/aromatic N) is 2. The zero-order valence-electron chi connectivity index (χ0n) is 14.7. The van der Waals surface area contributed by atoms with Crippen LogP contribution < -0.4 is 10.6 Å². The van der Waals surface area contributed by atoms with Crippen LogP contribution >= 0.6 is 24.0 Å². The summed E-state index contributed by atoms with van der Waals surface area (Å²) in [5.41, 5.74) is 0. The number of methoxy groups -OCH3 is 1. The monoisotopic (exact) mass is 454 g/mol. The van der Waals surface area contributed by atoms with Gasteiger partial charge in [0.1, 0.15) is 6.61 Å². The van der Waals surface area contributed by atoms with Gasteiger partial charge < -0.3 is 25.4 Å². The quantitative estimate of drug-likeness (QED) is 0.321. The molecule has 1 aliphatic heterocycles. The molecule has 0 spiro atoms. The third-order valence-corrected chi connectivity index (χ3v) is 4.83. The van der Waals surface area contributed by atoms with E-state index >= 15 is 0 Å². The number of aliphatic imine (C=N–C) groups is 1. The Labute approximate surface area is 161 Å². The maximum atomic E-state index is 11.8. The molecule has 3 N–H and O–H groups in total. The van der Waals surface area contributed by atoms with Crippen LogP contribution in [0.2, 0.25) is 0 Å². The van der Waals surface area contributed by atoms with Crippen LogP contribution in [-0.2, 0) is 9.53 Å². The van der Waals surface area contributed by atoms with Crippen molar-refractivity contribution >= 4 is 35.8 Å². The van der Waals surface area contributed by atoms with Crippen LogP contribution in [0.4, 0.5) is 0 Å². The Kier molecular flexibility index (Phi) is 9.91. The van der Waals surface area contributed by atoms with Gasteiger partial charge in [0.05, 0.1) is 6.10 Å². The molecule has 2 fully saturated rings. The van der Waals surface area contributed by atoms with E-state index in [1.807, 2.05) is 4.90 Å². The third kappa shape index (κ3) is 6.36. The smallest absolute Gasteiger partial charge is 0.248 e. The van der Waals surface area contributed by atoms with Gasteiger partial charge in [0.2, 0.25) is 5.91 Å². The van der Waals surface area contributed by atoms with E-state index in [1.54, 1.807) is 14.2 Å². The molecule has 0 aromatic carbocycles. The van der Waals surface area contributed by atoms with Gasteiger partial charge in [-0.25, -0.2) is 0 Å². The number of rotatable bonds is 5. The van der Waals surface area contributed by atoms with E-state index in [0.717, 1.165) is 57.7 Å². The summed E-state index contributed by atoms with van der Waals surface area (Å²) in [6.07, 6.45) is 4.71. The summed E-state index contributed by atoms with van der Waals surface area (Å²) in [6.45, 7) is 2.41. The van der Waals surface area contributed by atoms with Crippen LogP contribution in [0.3, 0.4) is 0 Å². The predicted molar refractivity (Wildman–Crippen MR) is 105 cm³/mol. The largest absolute Gasteiger partial charge is 0.393 e. The Morgan fingerprint density at radius 3 is 2.54 bits per heavy atom. The maximum Gasteiger partial charge on any atom is 0.248 e. The number of guanidine groups is 1. The van der Waals surface area contributed by atoms with Gasteiger partial charge in [-0.3, -0.25) is 9.79 Å². The van der Waals surface area contributed by atoms with Crippen molar-refractivity contribution in [1.29, 1.82) is 0 Å². The Hall–Kier alpha value is -0.610. The summed E-state index contributed by atoms with van der Waals surface area (Å²) < 4.78 is 4.90. The zero-order valence-corrected chi connectivity index (χ0v) is 17.0. The predicted octanol–water partition coefficient (Wildman–Crippen LogP) is 0.568. The number of hydrogen-bond acceptors (Lipinski definition) is 4. The molecule has 2 aliphatic rings. The van der Waals surface area contributed by atoms with Crippen LogP contribution in [0.15, 0.2) is 4.99 Å². The molecular weight excluding hydrogens is 423 g/mol. The van der Waals surface area contributed by atoms with Gasteiger partial charge in [0.25, 0.3) is 0 Å². The lowest BCUT2D eigenvalue weighted by Crippen LogP contribution is -2.51. The number of carbonyl (C=O) groups excluding carboxylic acids is 1. The summed E-state index contributed by atoms with van der Waals surface area (Å²) >= 11 is 0. The molecule has 2 rings (SSSR count). The minimum absolute atomic E-state index is 0. The molecule has 2 atom stereocenters. The number of halogens is 1. The fourth-order valence-corrected chi connectivity index (χ4v) is 3.36. The first kappa shape index (κ1) is 21.4. The lowest BCUT2D eigenvalue weighted by atomic mass is 10.0. The molecule has 0 aromatic heterocycles. The van der Waals surface area contributed by atoms with Gasteiger partial charge in [-0.05, 0) is 25.7 Å². The highest BCUT2D eigenvalue weighted by atomic mass is 127. The highest BCUT2D eigenvalue weighted by Crippen LogP contribution is 2.24. The number of likely N-dealkylation sites (tertiary alicyclic amines) is 1. The molecule has 0 aromatic rings. The maximum absolute atomic E-state index is 11.8. The second-order valence-electron chi connectivity index (χ2n) is 6.44. The van der Waals surface area contributed by atoms with Crippen LogP contribution in [0.1, 0.15) is 32.1 Å². The lowest BCUT2D eigenvalue weighted by molar-refractivity contribution is -0.136. The Morgan fingerprint density at radius 1 is 1.29 bits per heavy atom. The molecule has 1 aliphatic carbocycles. The molecule has 0 radical (unpaired) electrons. The number of amides is 1. The van der Waals surface area contributed by atoms with E-state index in [9.17, 15) is 9.90 Å². The Bertz CT molecular complexity index is 414. The summed E-state index contributed by atoms with van der Waals surface area (Å²) in [7, 11) is 3.31. The van der Waals surface area contributed by atoms with Crippen LogP contribution in [0.25, 0.3) is 0 Å². The molecule has 7 nitrogen and oxygen atoms in total. The standard InChI is InChI=1S/C16H30N4O3.HI/c1-17-16(18-10-12-4-3-5-14(12)21)19-13-6-8-20(9-7-13)15(22)11-23-2;/h12-14,21H,3-11H2,1-2H3,(H2,17,18,19);1H. The van der Waals surface area contributed by atoms with Gasteiger partial charge in [0, 0.05) is 45.8 Å². The summed E-state index contributed by atoms with van der Waals surface area (Å²) in [4.78, 5) is 17.9. The second kappa shape index (κ2) is 11.1. The third-order valence-electron chi connectivity index (χ3n) is 4.83.